The minimum Gasteiger partial charge on any atom is -0.493 e. The second kappa shape index (κ2) is 8.27. The molecule has 3 nitrogen and oxygen atoms in total. The third-order valence-corrected chi connectivity index (χ3v) is 6.45. The summed E-state index contributed by atoms with van der Waals surface area (Å²) in [5.74, 6) is 1.51. The highest BCUT2D eigenvalue weighted by atomic mass is 32.1. The molecular weight excluding hydrogens is 352 g/mol. The highest BCUT2D eigenvalue weighted by Gasteiger charge is 2.32. The summed E-state index contributed by atoms with van der Waals surface area (Å²) in [6, 6.07) is 10.3. The maximum atomic E-state index is 9.72. The number of para-hydroxylation sites is 1. The van der Waals surface area contributed by atoms with E-state index in [2.05, 4.69) is 33.8 Å². The molecule has 1 aliphatic carbocycles. The van der Waals surface area contributed by atoms with E-state index < -0.39 is 0 Å². The lowest BCUT2D eigenvalue weighted by molar-refractivity contribution is 0.218. The summed E-state index contributed by atoms with van der Waals surface area (Å²) in [6.45, 7) is 9.72. The van der Waals surface area contributed by atoms with Crippen LogP contribution in [-0.4, -0.2) is 12.8 Å². The van der Waals surface area contributed by atoms with Gasteiger partial charge in [-0.25, -0.2) is 4.99 Å². The van der Waals surface area contributed by atoms with Crippen LogP contribution < -0.4 is 4.74 Å². The zero-order valence-corrected chi connectivity index (χ0v) is 17.5. The highest BCUT2D eigenvalue weighted by molar-refractivity contribution is 7.16. The summed E-state index contributed by atoms with van der Waals surface area (Å²) in [6.07, 6.45) is 6.01. The molecule has 0 radical (unpaired) electrons. The molecule has 0 N–H and O–H groups in total. The van der Waals surface area contributed by atoms with Gasteiger partial charge in [-0.2, -0.15) is 5.26 Å². The molecule has 1 aliphatic rings. The smallest absolute Gasteiger partial charge is 0.134 e. The molecule has 0 aliphatic heterocycles. The van der Waals surface area contributed by atoms with Crippen LogP contribution in [0.4, 0.5) is 5.00 Å². The molecule has 0 fully saturated rings. The summed E-state index contributed by atoms with van der Waals surface area (Å²) < 4.78 is 5.81. The van der Waals surface area contributed by atoms with Crippen molar-refractivity contribution < 1.29 is 4.74 Å². The van der Waals surface area contributed by atoms with Crippen molar-refractivity contribution in [1.82, 2.24) is 0 Å². The zero-order chi connectivity index (χ0) is 19.4. The van der Waals surface area contributed by atoms with Gasteiger partial charge in [-0.15, -0.1) is 11.3 Å². The molecule has 0 bridgehead atoms. The number of rotatable bonds is 5. The van der Waals surface area contributed by atoms with Gasteiger partial charge in [0, 0.05) is 16.7 Å². The molecule has 0 amide bonds. The molecule has 0 spiro atoms. The Hall–Kier alpha value is -2.12. The van der Waals surface area contributed by atoms with Crippen molar-refractivity contribution in [3.8, 4) is 11.8 Å². The number of hydrogen-bond donors (Lipinski definition) is 0. The van der Waals surface area contributed by atoms with Gasteiger partial charge in [-0.3, -0.25) is 0 Å². The molecule has 1 aromatic carbocycles. The van der Waals surface area contributed by atoms with Gasteiger partial charge >= 0.3 is 0 Å². The number of nitrogens with zero attached hydrogens (tertiary/aromatic N) is 2. The Labute approximate surface area is 166 Å². The van der Waals surface area contributed by atoms with E-state index in [9.17, 15) is 5.26 Å². The van der Waals surface area contributed by atoms with Crippen LogP contribution in [-0.2, 0) is 12.8 Å². The number of nitriles is 1. The molecular formula is C23H28N2OS. The summed E-state index contributed by atoms with van der Waals surface area (Å²) in [5, 5.41) is 10.6. The van der Waals surface area contributed by atoms with Gasteiger partial charge in [0.2, 0.25) is 0 Å². The lowest BCUT2D eigenvalue weighted by atomic mass is 9.72. The number of thiophene rings is 1. The number of ether oxygens (including phenoxy) is 1. The fourth-order valence-corrected chi connectivity index (χ4v) is 4.80. The SMILES string of the molecule is CCCOc1ccccc1C=Nc1sc2c(c1C#N)CC[C@H](C(C)(C)C)C2. The van der Waals surface area contributed by atoms with Gasteiger partial charge in [0.25, 0.3) is 0 Å². The zero-order valence-electron chi connectivity index (χ0n) is 16.7. The predicted octanol–water partition coefficient (Wildman–Crippen LogP) is 6.31. The largest absolute Gasteiger partial charge is 0.493 e. The Balaban J connectivity index is 1.88. The third-order valence-electron chi connectivity index (χ3n) is 5.28. The second-order valence-electron chi connectivity index (χ2n) is 8.25. The van der Waals surface area contributed by atoms with Crippen LogP contribution in [0.25, 0.3) is 0 Å². The second-order valence-corrected chi connectivity index (χ2v) is 9.33. The molecule has 1 atom stereocenters. The van der Waals surface area contributed by atoms with Crippen molar-refractivity contribution in [2.24, 2.45) is 16.3 Å². The van der Waals surface area contributed by atoms with E-state index in [1.807, 2.05) is 30.5 Å². The van der Waals surface area contributed by atoms with Gasteiger partial charge in [-0.1, -0.05) is 39.8 Å². The van der Waals surface area contributed by atoms with Crippen LogP contribution >= 0.6 is 11.3 Å². The lowest BCUT2D eigenvalue weighted by Crippen LogP contribution is -2.26. The molecule has 4 heteroatoms. The first-order valence-corrected chi connectivity index (χ1v) is 10.6. The molecule has 0 unspecified atom stereocenters. The number of fused-ring (bicyclic) bond motifs is 1. The Morgan fingerprint density at radius 3 is 2.81 bits per heavy atom. The maximum Gasteiger partial charge on any atom is 0.134 e. The van der Waals surface area contributed by atoms with Crippen LogP contribution in [0.5, 0.6) is 5.75 Å². The van der Waals surface area contributed by atoms with Crippen molar-refractivity contribution >= 4 is 22.6 Å². The van der Waals surface area contributed by atoms with Crippen molar-refractivity contribution in [2.45, 2.75) is 53.4 Å². The Morgan fingerprint density at radius 2 is 2.11 bits per heavy atom. The Bertz CT molecular complexity index is 867. The van der Waals surface area contributed by atoms with Gasteiger partial charge in [0.1, 0.15) is 16.8 Å². The van der Waals surface area contributed by atoms with Gasteiger partial charge < -0.3 is 4.74 Å². The van der Waals surface area contributed by atoms with E-state index >= 15 is 0 Å². The van der Waals surface area contributed by atoms with E-state index in [1.165, 1.54) is 10.4 Å². The first-order valence-electron chi connectivity index (χ1n) is 9.74. The number of benzene rings is 1. The predicted molar refractivity (Wildman–Crippen MR) is 113 cm³/mol. The normalized spacial score (nSPS) is 16.9. The fourth-order valence-electron chi connectivity index (χ4n) is 3.58. The molecule has 0 saturated carbocycles. The third kappa shape index (κ3) is 4.42. The maximum absolute atomic E-state index is 9.72. The lowest BCUT2D eigenvalue weighted by Gasteiger charge is -2.33. The van der Waals surface area contributed by atoms with E-state index in [-0.39, 0.29) is 0 Å². The van der Waals surface area contributed by atoms with Crippen molar-refractivity contribution in [3.05, 3.63) is 45.8 Å². The summed E-state index contributed by atoms with van der Waals surface area (Å²) in [7, 11) is 0. The minimum atomic E-state index is 0.299. The van der Waals surface area contributed by atoms with Gasteiger partial charge in [0.15, 0.2) is 0 Å². The highest BCUT2D eigenvalue weighted by Crippen LogP contribution is 2.44. The molecule has 1 heterocycles. The van der Waals surface area contributed by atoms with Crippen LogP contribution in [0.2, 0.25) is 0 Å². The molecule has 0 saturated heterocycles. The van der Waals surface area contributed by atoms with Crippen LogP contribution in [0.1, 0.15) is 62.1 Å². The first-order chi connectivity index (χ1) is 12.9. The Morgan fingerprint density at radius 1 is 1.33 bits per heavy atom. The number of hydrogen-bond acceptors (Lipinski definition) is 4. The summed E-state index contributed by atoms with van der Waals surface area (Å²) >= 11 is 1.69. The standard InChI is InChI=1S/C23H28N2OS/c1-5-12-26-20-9-7-6-8-16(20)15-25-22-19(14-24)18-11-10-17(23(2,3)4)13-21(18)27-22/h6-9,15,17H,5,10-13H2,1-4H3/t17-/m0/s1. The molecule has 1 aromatic heterocycles. The van der Waals surface area contributed by atoms with Crippen LogP contribution in [0.3, 0.4) is 0 Å². The molecule has 142 valence electrons. The van der Waals surface area contributed by atoms with Crippen molar-refractivity contribution in [2.75, 3.05) is 6.61 Å². The van der Waals surface area contributed by atoms with E-state index in [0.29, 0.717) is 17.9 Å². The summed E-state index contributed by atoms with van der Waals surface area (Å²) in [5.41, 5.74) is 3.25. The minimum absolute atomic E-state index is 0.299. The molecule has 27 heavy (non-hydrogen) atoms. The average molecular weight is 381 g/mol. The van der Waals surface area contributed by atoms with Crippen molar-refractivity contribution in [1.29, 1.82) is 5.26 Å². The fraction of sp³-hybridized carbons (Fsp3) is 0.478. The topological polar surface area (TPSA) is 45.4 Å². The van der Waals surface area contributed by atoms with Crippen molar-refractivity contribution in [3.63, 3.8) is 0 Å². The molecule has 3 rings (SSSR count). The van der Waals surface area contributed by atoms with Crippen LogP contribution in [0, 0.1) is 22.7 Å². The molecule has 2 aromatic rings. The number of aliphatic imine (C=N–C) groups is 1. The first kappa shape index (κ1) is 19.6. The monoisotopic (exact) mass is 380 g/mol. The Kier molecular flexibility index (Phi) is 6.01. The quantitative estimate of drug-likeness (QED) is 0.571. The van der Waals surface area contributed by atoms with Crippen LogP contribution in [0.15, 0.2) is 29.3 Å². The van der Waals surface area contributed by atoms with Gasteiger partial charge in [-0.05, 0) is 54.7 Å². The van der Waals surface area contributed by atoms with E-state index in [1.54, 1.807) is 11.3 Å². The van der Waals surface area contributed by atoms with Gasteiger partial charge in [0.05, 0.1) is 12.2 Å². The summed E-state index contributed by atoms with van der Waals surface area (Å²) in [4.78, 5) is 6.05. The average Bonchev–Trinajstić information content (AvgIpc) is 3.01. The van der Waals surface area contributed by atoms with E-state index in [4.69, 9.17) is 9.73 Å². The van der Waals surface area contributed by atoms with E-state index in [0.717, 1.165) is 47.6 Å².